The van der Waals surface area contributed by atoms with E-state index < -0.39 is 0 Å². The molecule has 21 heavy (non-hydrogen) atoms. The second-order valence-electron chi connectivity index (χ2n) is 4.48. The Balaban J connectivity index is 1.80. The highest BCUT2D eigenvalue weighted by atomic mass is 16.5. The Labute approximate surface area is 123 Å². The first-order valence-electron chi connectivity index (χ1n) is 6.67. The molecule has 0 aliphatic heterocycles. The lowest BCUT2D eigenvalue weighted by molar-refractivity contribution is 0.0943. The van der Waals surface area contributed by atoms with Crippen LogP contribution in [0.4, 0.5) is 0 Å². The number of ether oxygens (including phenoxy) is 2. The van der Waals surface area contributed by atoms with Crippen molar-refractivity contribution in [1.82, 2.24) is 10.3 Å². The predicted molar refractivity (Wildman–Crippen MR) is 79.8 cm³/mol. The molecule has 0 radical (unpaired) electrons. The van der Waals surface area contributed by atoms with Crippen LogP contribution in [-0.4, -0.2) is 31.2 Å². The molecule has 0 aliphatic rings. The fourth-order valence-corrected chi connectivity index (χ4v) is 1.79. The third-order valence-corrected chi connectivity index (χ3v) is 2.89. The number of carbonyl (C=O) groups excluding carboxylic acids is 1. The van der Waals surface area contributed by atoms with Crippen molar-refractivity contribution in [2.75, 3.05) is 20.3 Å². The maximum atomic E-state index is 12.0. The molecule has 0 atom stereocenters. The summed E-state index contributed by atoms with van der Waals surface area (Å²) in [4.78, 5) is 16.0. The van der Waals surface area contributed by atoms with Gasteiger partial charge in [-0.3, -0.25) is 4.79 Å². The molecule has 0 aliphatic carbocycles. The fraction of sp³-hybridized carbons (Fsp3) is 0.250. The minimum atomic E-state index is -0.229. The van der Waals surface area contributed by atoms with Gasteiger partial charge in [-0.05, 0) is 31.2 Å². The molecule has 2 rings (SSSR count). The quantitative estimate of drug-likeness (QED) is 0.827. The zero-order valence-corrected chi connectivity index (χ0v) is 12.1. The Morgan fingerprint density at radius 1 is 1.24 bits per heavy atom. The van der Waals surface area contributed by atoms with E-state index in [1.807, 2.05) is 31.2 Å². The van der Waals surface area contributed by atoms with E-state index >= 15 is 0 Å². The number of nitrogens with one attached hydrogen (secondary N) is 1. The number of rotatable bonds is 6. The van der Waals surface area contributed by atoms with Gasteiger partial charge in [-0.25, -0.2) is 4.98 Å². The maximum Gasteiger partial charge on any atom is 0.256 e. The van der Waals surface area contributed by atoms with Crippen LogP contribution in [0.15, 0.2) is 42.6 Å². The van der Waals surface area contributed by atoms with E-state index in [-0.39, 0.29) is 5.91 Å². The highest BCUT2D eigenvalue weighted by Crippen LogP contribution is 2.13. The zero-order valence-electron chi connectivity index (χ0n) is 12.1. The third kappa shape index (κ3) is 4.21. The number of nitrogens with zero attached hydrogens (tertiary/aromatic N) is 1. The van der Waals surface area contributed by atoms with Gasteiger partial charge in [0.1, 0.15) is 17.9 Å². The molecule has 1 amide bonds. The Bertz CT molecular complexity index is 597. The number of aryl methyl sites for hydroxylation is 1. The van der Waals surface area contributed by atoms with Crippen LogP contribution in [0.5, 0.6) is 11.6 Å². The Morgan fingerprint density at radius 2 is 2.00 bits per heavy atom. The van der Waals surface area contributed by atoms with E-state index in [0.29, 0.717) is 24.6 Å². The lowest BCUT2D eigenvalue weighted by Crippen LogP contribution is -2.28. The van der Waals surface area contributed by atoms with Crippen molar-refractivity contribution in [1.29, 1.82) is 0 Å². The minimum absolute atomic E-state index is 0.229. The van der Waals surface area contributed by atoms with Gasteiger partial charge in [0, 0.05) is 6.20 Å². The number of hydrogen-bond acceptors (Lipinski definition) is 4. The largest absolute Gasteiger partial charge is 0.492 e. The first-order chi connectivity index (χ1) is 10.2. The highest BCUT2D eigenvalue weighted by Gasteiger charge is 2.11. The van der Waals surface area contributed by atoms with Crippen LogP contribution in [0.25, 0.3) is 0 Å². The van der Waals surface area contributed by atoms with Gasteiger partial charge in [0.15, 0.2) is 0 Å². The van der Waals surface area contributed by atoms with Gasteiger partial charge in [0.05, 0.1) is 13.7 Å². The molecule has 0 spiro atoms. The van der Waals surface area contributed by atoms with E-state index in [9.17, 15) is 4.79 Å². The average molecular weight is 286 g/mol. The average Bonchev–Trinajstić information content (AvgIpc) is 2.53. The molecule has 1 N–H and O–H groups in total. The predicted octanol–water partition coefficient (Wildman–Crippen LogP) is 2.21. The van der Waals surface area contributed by atoms with Crippen LogP contribution in [0, 0.1) is 6.92 Å². The summed E-state index contributed by atoms with van der Waals surface area (Å²) in [7, 11) is 1.49. The zero-order chi connectivity index (χ0) is 15.1. The van der Waals surface area contributed by atoms with E-state index in [2.05, 4.69) is 10.3 Å². The SMILES string of the molecule is COc1ncccc1C(=O)NCCOc1ccc(C)cc1. The molecule has 0 unspecified atom stereocenters. The molecule has 0 fully saturated rings. The molecule has 1 aromatic carbocycles. The van der Waals surface area contributed by atoms with Gasteiger partial charge in [0.2, 0.25) is 5.88 Å². The monoisotopic (exact) mass is 286 g/mol. The Kier molecular flexibility index (Phi) is 5.15. The van der Waals surface area contributed by atoms with Crippen LogP contribution in [0.3, 0.4) is 0 Å². The van der Waals surface area contributed by atoms with Crippen LogP contribution in [0.1, 0.15) is 15.9 Å². The first-order valence-corrected chi connectivity index (χ1v) is 6.67. The number of hydrogen-bond donors (Lipinski definition) is 1. The molecule has 5 heteroatoms. The number of methoxy groups -OCH3 is 1. The first kappa shape index (κ1) is 14.8. The molecule has 5 nitrogen and oxygen atoms in total. The second kappa shape index (κ2) is 7.28. The topological polar surface area (TPSA) is 60.5 Å². The summed E-state index contributed by atoms with van der Waals surface area (Å²) in [6.07, 6.45) is 1.58. The van der Waals surface area contributed by atoms with Crippen molar-refractivity contribution in [2.24, 2.45) is 0 Å². The van der Waals surface area contributed by atoms with Gasteiger partial charge in [-0.2, -0.15) is 0 Å². The molecule has 0 bridgehead atoms. The van der Waals surface area contributed by atoms with E-state index in [1.165, 1.54) is 12.7 Å². The van der Waals surface area contributed by atoms with Gasteiger partial charge in [-0.1, -0.05) is 17.7 Å². The number of carbonyl (C=O) groups is 1. The van der Waals surface area contributed by atoms with Crippen LogP contribution < -0.4 is 14.8 Å². The van der Waals surface area contributed by atoms with Crippen molar-refractivity contribution >= 4 is 5.91 Å². The van der Waals surface area contributed by atoms with Gasteiger partial charge < -0.3 is 14.8 Å². The summed E-state index contributed by atoms with van der Waals surface area (Å²) in [5.41, 5.74) is 1.59. The number of benzene rings is 1. The van der Waals surface area contributed by atoms with E-state index in [1.54, 1.807) is 18.3 Å². The van der Waals surface area contributed by atoms with Crippen LogP contribution in [0.2, 0.25) is 0 Å². The van der Waals surface area contributed by atoms with Crippen LogP contribution >= 0.6 is 0 Å². The molecular formula is C16H18N2O3. The highest BCUT2D eigenvalue weighted by molar-refractivity contribution is 5.96. The summed E-state index contributed by atoms with van der Waals surface area (Å²) in [6, 6.07) is 11.1. The molecule has 110 valence electrons. The number of amides is 1. The van der Waals surface area contributed by atoms with Crippen molar-refractivity contribution in [3.8, 4) is 11.6 Å². The van der Waals surface area contributed by atoms with Crippen molar-refractivity contribution < 1.29 is 14.3 Å². The van der Waals surface area contributed by atoms with E-state index in [4.69, 9.17) is 9.47 Å². The molecule has 1 heterocycles. The maximum absolute atomic E-state index is 12.0. The summed E-state index contributed by atoms with van der Waals surface area (Å²) in [6.45, 7) is 2.83. The van der Waals surface area contributed by atoms with Crippen molar-refractivity contribution in [3.63, 3.8) is 0 Å². The Morgan fingerprint density at radius 3 is 2.71 bits per heavy atom. The van der Waals surface area contributed by atoms with Crippen LogP contribution in [-0.2, 0) is 0 Å². The number of aromatic nitrogens is 1. The molecule has 2 aromatic rings. The summed E-state index contributed by atoms with van der Waals surface area (Å²) in [5, 5.41) is 2.77. The van der Waals surface area contributed by atoms with Crippen molar-refractivity contribution in [2.45, 2.75) is 6.92 Å². The summed E-state index contributed by atoms with van der Waals surface area (Å²) >= 11 is 0. The minimum Gasteiger partial charge on any atom is -0.492 e. The molecule has 0 saturated heterocycles. The number of pyridine rings is 1. The van der Waals surface area contributed by atoms with Gasteiger partial charge >= 0.3 is 0 Å². The summed E-state index contributed by atoms with van der Waals surface area (Å²) < 4.78 is 10.6. The van der Waals surface area contributed by atoms with Crippen molar-refractivity contribution in [3.05, 3.63) is 53.7 Å². The molecule has 0 saturated carbocycles. The van der Waals surface area contributed by atoms with Gasteiger partial charge in [0.25, 0.3) is 5.91 Å². The summed E-state index contributed by atoms with van der Waals surface area (Å²) in [5.74, 6) is 0.871. The molecule has 1 aromatic heterocycles. The van der Waals surface area contributed by atoms with Gasteiger partial charge in [-0.15, -0.1) is 0 Å². The normalized spacial score (nSPS) is 10.0. The Hall–Kier alpha value is -2.56. The lowest BCUT2D eigenvalue weighted by Gasteiger charge is -2.09. The third-order valence-electron chi connectivity index (χ3n) is 2.89. The smallest absolute Gasteiger partial charge is 0.256 e. The second-order valence-corrected chi connectivity index (χ2v) is 4.48. The fourth-order valence-electron chi connectivity index (χ4n) is 1.79. The lowest BCUT2D eigenvalue weighted by atomic mass is 10.2. The standard InChI is InChI=1S/C16H18N2O3/c1-12-5-7-13(8-6-12)21-11-10-17-15(19)14-4-3-9-18-16(14)20-2/h3-9H,10-11H2,1-2H3,(H,17,19). The molecular weight excluding hydrogens is 268 g/mol. The van der Waals surface area contributed by atoms with E-state index in [0.717, 1.165) is 5.75 Å².